The number of amides is 1. The molecule has 3 nitrogen and oxygen atoms in total. The van der Waals surface area contributed by atoms with Crippen molar-refractivity contribution in [3.8, 4) is 0 Å². The second-order valence-electron chi connectivity index (χ2n) is 5.83. The lowest BCUT2D eigenvalue weighted by Crippen LogP contribution is -2.26. The van der Waals surface area contributed by atoms with Gasteiger partial charge in [0, 0.05) is 28.0 Å². The Morgan fingerprint density at radius 1 is 1.20 bits per heavy atom. The van der Waals surface area contributed by atoms with Gasteiger partial charge < -0.3 is 4.90 Å². The first-order valence-electron chi connectivity index (χ1n) is 7.96. The van der Waals surface area contributed by atoms with Crippen molar-refractivity contribution in [1.29, 1.82) is 0 Å². The zero-order valence-electron chi connectivity index (χ0n) is 14.5. The molecule has 0 unspecified atom stereocenters. The molecule has 0 bridgehead atoms. The summed E-state index contributed by atoms with van der Waals surface area (Å²) in [5, 5.41) is 5.23. The molecule has 0 saturated heterocycles. The summed E-state index contributed by atoms with van der Waals surface area (Å²) in [6.07, 6.45) is 0. The molecule has 0 saturated carbocycles. The van der Waals surface area contributed by atoms with Crippen molar-refractivity contribution in [2.45, 2.75) is 31.0 Å². The Labute approximate surface area is 160 Å². The SMILES string of the molecule is Cc1nc(CSc2ccccc2C(=O)N(C)Cc2sccc2C)cs1. The maximum absolute atomic E-state index is 12.9. The summed E-state index contributed by atoms with van der Waals surface area (Å²) in [5.41, 5.74) is 3.07. The van der Waals surface area contributed by atoms with E-state index in [1.807, 2.05) is 38.2 Å². The Balaban J connectivity index is 1.72. The molecule has 0 aliphatic rings. The molecule has 0 atom stereocenters. The van der Waals surface area contributed by atoms with Crippen molar-refractivity contribution in [3.63, 3.8) is 0 Å². The molecule has 6 heteroatoms. The van der Waals surface area contributed by atoms with Crippen LogP contribution in [0.5, 0.6) is 0 Å². The number of rotatable bonds is 6. The maximum Gasteiger partial charge on any atom is 0.255 e. The van der Waals surface area contributed by atoms with Crippen molar-refractivity contribution in [1.82, 2.24) is 9.88 Å². The summed E-state index contributed by atoms with van der Waals surface area (Å²) in [6, 6.07) is 9.93. The van der Waals surface area contributed by atoms with Crippen LogP contribution in [0.4, 0.5) is 0 Å². The monoisotopic (exact) mass is 388 g/mol. The van der Waals surface area contributed by atoms with Crippen LogP contribution in [0, 0.1) is 13.8 Å². The van der Waals surface area contributed by atoms with Crippen LogP contribution in [-0.2, 0) is 12.3 Å². The molecule has 2 heterocycles. The first-order chi connectivity index (χ1) is 12.0. The lowest BCUT2D eigenvalue weighted by molar-refractivity contribution is 0.0783. The first-order valence-corrected chi connectivity index (χ1v) is 10.7. The lowest BCUT2D eigenvalue weighted by atomic mass is 10.2. The van der Waals surface area contributed by atoms with Gasteiger partial charge >= 0.3 is 0 Å². The fourth-order valence-corrected chi connectivity index (χ4v) is 5.07. The second-order valence-corrected chi connectivity index (χ2v) is 8.91. The fraction of sp³-hybridized carbons (Fsp3) is 0.263. The van der Waals surface area contributed by atoms with E-state index in [-0.39, 0.29) is 5.91 Å². The van der Waals surface area contributed by atoms with E-state index in [1.165, 1.54) is 10.4 Å². The minimum atomic E-state index is 0.0605. The number of benzene rings is 1. The van der Waals surface area contributed by atoms with E-state index < -0.39 is 0 Å². The highest BCUT2D eigenvalue weighted by Gasteiger charge is 2.17. The number of aromatic nitrogens is 1. The summed E-state index contributed by atoms with van der Waals surface area (Å²) >= 11 is 5.03. The molecule has 25 heavy (non-hydrogen) atoms. The van der Waals surface area contributed by atoms with Crippen LogP contribution in [0.15, 0.2) is 46.0 Å². The van der Waals surface area contributed by atoms with Crippen LogP contribution >= 0.6 is 34.4 Å². The Hall–Kier alpha value is -1.63. The average molecular weight is 389 g/mol. The van der Waals surface area contributed by atoms with Crippen molar-refractivity contribution in [2.24, 2.45) is 0 Å². The molecule has 1 amide bonds. The molecule has 0 fully saturated rings. The van der Waals surface area contributed by atoms with Crippen LogP contribution in [0.3, 0.4) is 0 Å². The number of hydrogen-bond acceptors (Lipinski definition) is 5. The molecule has 1 aromatic carbocycles. The van der Waals surface area contributed by atoms with Gasteiger partial charge in [-0.2, -0.15) is 0 Å². The molecule has 3 aromatic rings. The van der Waals surface area contributed by atoms with Crippen LogP contribution in [0.2, 0.25) is 0 Å². The lowest BCUT2D eigenvalue weighted by Gasteiger charge is -2.18. The highest BCUT2D eigenvalue weighted by atomic mass is 32.2. The number of thiazole rings is 1. The number of carbonyl (C=O) groups is 1. The third-order valence-corrected chi connectivity index (χ3v) is 6.79. The standard InChI is InChI=1S/C19H20N2OS3/c1-13-8-9-23-18(13)10-21(3)19(22)16-6-4-5-7-17(16)25-12-15-11-24-14(2)20-15/h4-9,11H,10,12H2,1-3H3. The van der Waals surface area contributed by atoms with Gasteiger partial charge in [-0.1, -0.05) is 12.1 Å². The summed E-state index contributed by atoms with van der Waals surface area (Å²) in [5.74, 6) is 0.841. The third kappa shape index (κ3) is 4.51. The largest absolute Gasteiger partial charge is 0.337 e. The summed E-state index contributed by atoms with van der Waals surface area (Å²) < 4.78 is 0. The smallest absolute Gasteiger partial charge is 0.255 e. The van der Waals surface area contributed by atoms with Crippen LogP contribution in [0.1, 0.15) is 31.5 Å². The molecule has 130 valence electrons. The Morgan fingerprint density at radius 2 is 2.00 bits per heavy atom. The van der Waals surface area contributed by atoms with Crippen molar-refractivity contribution in [3.05, 3.63) is 67.8 Å². The zero-order valence-corrected chi connectivity index (χ0v) is 16.9. The quantitative estimate of drug-likeness (QED) is 0.531. The molecule has 0 N–H and O–H groups in total. The third-order valence-electron chi connectivity index (χ3n) is 3.86. The highest BCUT2D eigenvalue weighted by molar-refractivity contribution is 7.98. The van der Waals surface area contributed by atoms with Gasteiger partial charge in [0.25, 0.3) is 5.91 Å². The van der Waals surface area contributed by atoms with Gasteiger partial charge in [0.2, 0.25) is 0 Å². The Kier molecular flexibility index (Phi) is 5.93. The predicted octanol–water partition coefficient (Wildman–Crippen LogP) is 5.39. The average Bonchev–Trinajstić information content (AvgIpc) is 3.21. The summed E-state index contributed by atoms with van der Waals surface area (Å²) in [6.45, 7) is 4.74. The molecule has 0 aliphatic heterocycles. The van der Waals surface area contributed by atoms with Gasteiger partial charge in [-0.05, 0) is 43.0 Å². The van der Waals surface area contributed by atoms with Crippen LogP contribution < -0.4 is 0 Å². The number of nitrogens with zero attached hydrogens (tertiary/aromatic N) is 2. The number of aryl methyl sites for hydroxylation is 2. The highest BCUT2D eigenvalue weighted by Crippen LogP contribution is 2.28. The maximum atomic E-state index is 12.9. The van der Waals surface area contributed by atoms with Gasteiger partial charge in [-0.25, -0.2) is 4.98 Å². The van der Waals surface area contributed by atoms with Gasteiger partial charge in [0.15, 0.2) is 0 Å². The Morgan fingerprint density at radius 3 is 2.68 bits per heavy atom. The molecule has 0 spiro atoms. The fourth-order valence-electron chi connectivity index (χ4n) is 2.45. The summed E-state index contributed by atoms with van der Waals surface area (Å²) in [4.78, 5) is 21.5. The minimum Gasteiger partial charge on any atom is -0.337 e. The molecule has 2 aromatic heterocycles. The molecule has 3 rings (SSSR count). The second kappa shape index (κ2) is 8.17. The van der Waals surface area contributed by atoms with E-state index in [1.54, 1.807) is 39.3 Å². The predicted molar refractivity (Wildman–Crippen MR) is 108 cm³/mol. The van der Waals surface area contributed by atoms with Crippen molar-refractivity contribution < 1.29 is 4.79 Å². The van der Waals surface area contributed by atoms with E-state index in [2.05, 4.69) is 28.7 Å². The van der Waals surface area contributed by atoms with E-state index in [9.17, 15) is 4.79 Å². The van der Waals surface area contributed by atoms with Crippen molar-refractivity contribution >= 4 is 40.3 Å². The zero-order chi connectivity index (χ0) is 17.8. The van der Waals surface area contributed by atoms with E-state index >= 15 is 0 Å². The van der Waals surface area contributed by atoms with E-state index in [4.69, 9.17) is 0 Å². The van der Waals surface area contributed by atoms with Gasteiger partial charge in [0.05, 0.1) is 22.8 Å². The number of thioether (sulfide) groups is 1. The molecule has 0 aliphatic carbocycles. The molecule has 0 radical (unpaired) electrons. The van der Waals surface area contributed by atoms with Gasteiger partial charge in [-0.15, -0.1) is 34.4 Å². The number of thiophene rings is 1. The van der Waals surface area contributed by atoms with E-state index in [0.29, 0.717) is 6.54 Å². The van der Waals surface area contributed by atoms with Crippen LogP contribution in [0.25, 0.3) is 0 Å². The minimum absolute atomic E-state index is 0.0605. The summed E-state index contributed by atoms with van der Waals surface area (Å²) in [7, 11) is 1.87. The van der Waals surface area contributed by atoms with E-state index in [0.717, 1.165) is 26.9 Å². The van der Waals surface area contributed by atoms with Gasteiger partial charge in [0.1, 0.15) is 0 Å². The topological polar surface area (TPSA) is 33.2 Å². The number of hydrogen-bond donors (Lipinski definition) is 0. The van der Waals surface area contributed by atoms with Gasteiger partial charge in [-0.3, -0.25) is 4.79 Å². The Bertz CT molecular complexity index is 869. The number of carbonyl (C=O) groups excluding carboxylic acids is 1. The first kappa shape index (κ1) is 18.2. The van der Waals surface area contributed by atoms with Crippen molar-refractivity contribution in [2.75, 3.05) is 7.05 Å². The van der Waals surface area contributed by atoms with Crippen LogP contribution in [-0.4, -0.2) is 22.8 Å². The normalized spacial score (nSPS) is 10.8. The molecular weight excluding hydrogens is 368 g/mol. The molecular formula is C19H20N2OS3.